The molecule has 0 aromatic heterocycles. The lowest BCUT2D eigenvalue weighted by Crippen LogP contribution is -2.46. The molecule has 1 heterocycles. The van der Waals surface area contributed by atoms with E-state index in [0.29, 0.717) is 30.7 Å². The summed E-state index contributed by atoms with van der Waals surface area (Å²) in [6.07, 6.45) is 0.950. The van der Waals surface area contributed by atoms with Crippen molar-refractivity contribution in [2.45, 2.75) is 32.7 Å². The third-order valence-electron chi connectivity index (χ3n) is 4.81. The number of hydrogen-bond donors (Lipinski definition) is 1. The molecule has 2 unspecified atom stereocenters. The van der Waals surface area contributed by atoms with Gasteiger partial charge in [-0.05, 0) is 54.8 Å². The molecule has 0 bridgehead atoms. The molecule has 0 aliphatic carbocycles. The molecule has 2 aromatic rings. The van der Waals surface area contributed by atoms with E-state index in [1.165, 1.54) is 6.92 Å². The van der Waals surface area contributed by atoms with Gasteiger partial charge in [-0.2, -0.15) is 0 Å². The molecule has 3 rings (SSSR count). The van der Waals surface area contributed by atoms with Crippen LogP contribution < -0.4 is 4.74 Å². The van der Waals surface area contributed by atoms with Gasteiger partial charge in [0.15, 0.2) is 0 Å². The zero-order chi connectivity index (χ0) is 18.8. The van der Waals surface area contributed by atoms with E-state index in [0.717, 1.165) is 10.8 Å². The van der Waals surface area contributed by atoms with E-state index < -0.39 is 5.97 Å². The molecule has 26 heavy (non-hydrogen) atoms. The number of benzene rings is 2. The van der Waals surface area contributed by atoms with Crippen molar-refractivity contribution >= 4 is 28.6 Å². The summed E-state index contributed by atoms with van der Waals surface area (Å²) in [5, 5.41) is 10.9. The first-order valence-corrected chi connectivity index (χ1v) is 8.61. The van der Waals surface area contributed by atoms with Gasteiger partial charge in [-0.1, -0.05) is 12.1 Å². The summed E-state index contributed by atoms with van der Waals surface area (Å²) in [5.41, 5.74) is 0.568. The van der Waals surface area contributed by atoms with Crippen LogP contribution in [0.25, 0.3) is 10.8 Å². The standard InChI is InChI=1S/C20H21NO5/c1-12-9-17(20(24)25)7-8-21(12)19(23)16-4-3-15-11-18(26-13(2)22)6-5-14(15)10-16/h3-6,10-12,17H,7-9H2,1-2H3,(H,24,25). The lowest BCUT2D eigenvalue weighted by molar-refractivity contribution is -0.143. The fourth-order valence-corrected chi connectivity index (χ4v) is 3.45. The minimum absolute atomic E-state index is 0.0905. The minimum atomic E-state index is -0.793. The minimum Gasteiger partial charge on any atom is -0.481 e. The van der Waals surface area contributed by atoms with Gasteiger partial charge < -0.3 is 14.7 Å². The van der Waals surface area contributed by atoms with Gasteiger partial charge in [-0.15, -0.1) is 0 Å². The lowest BCUT2D eigenvalue weighted by Gasteiger charge is -2.36. The van der Waals surface area contributed by atoms with Crippen LogP contribution in [0.15, 0.2) is 36.4 Å². The molecule has 1 fully saturated rings. The number of likely N-dealkylation sites (tertiary alicyclic amines) is 1. The molecule has 1 saturated heterocycles. The Morgan fingerprint density at radius 1 is 1.12 bits per heavy atom. The molecule has 1 aliphatic rings. The van der Waals surface area contributed by atoms with Gasteiger partial charge in [-0.3, -0.25) is 14.4 Å². The quantitative estimate of drug-likeness (QED) is 0.676. The van der Waals surface area contributed by atoms with Crippen molar-refractivity contribution in [3.63, 3.8) is 0 Å². The van der Waals surface area contributed by atoms with E-state index in [1.54, 1.807) is 23.1 Å². The monoisotopic (exact) mass is 355 g/mol. The number of esters is 1. The van der Waals surface area contributed by atoms with Crippen LogP contribution in [0.2, 0.25) is 0 Å². The predicted octanol–water partition coefficient (Wildman–Crippen LogP) is 3.09. The average molecular weight is 355 g/mol. The highest BCUT2D eigenvalue weighted by molar-refractivity contribution is 5.99. The zero-order valence-corrected chi connectivity index (χ0v) is 14.8. The van der Waals surface area contributed by atoms with Gasteiger partial charge in [-0.25, -0.2) is 0 Å². The topological polar surface area (TPSA) is 83.9 Å². The van der Waals surface area contributed by atoms with Gasteiger partial charge in [0.2, 0.25) is 0 Å². The Bertz CT molecular complexity index is 876. The highest BCUT2D eigenvalue weighted by Gasteiger charge is 2.32. The Hall–Kier alpha value is -2.89. The third-order valence-corrected chi connectivity index (χ3v) is 4.81. The van der Waals surface area contributed by atoms with Crippen molar-refractivity contribution in [3.05, 3.63) is 42.0 Å². The molecule has 1 amide bonds. The smallest absolute Gasteiger partial charge is 0.308 e. The molecule has 1 aliphatic heterocycles. The molecule has 1 N–H and O–H groups in total. The number of carbonyl (C=O) groups is 3. The normalized spacial score (nSPS) is 20.0. The van der Waals surface area contributed by atoms with Gasteiger partial charge in [0.05, 0.1) is 5.92 Å². The highest BCUT2D eigenvalue weighted by atomic mass is 16.5. The van der Waals surface area contributed by atoms with Crippen molar-refractivity contribution < 1.29 is 24.2 Å². The lowest BCUT2D eigenvalue weighted by atomic mass is 9.91. The first-order chi connectivity index (χ1) is 12.3. The van der Waals surface area contributed by atoms with E-state index in [4.69, 9.17) is 9.84 Å². The number of nitrogens with zero attached hydrogens (tertiary/aromatic N) is 1. The number of rotatable bonds is 3. The summed E-state index contributed by atoms with van der Waals surface area (Å²) in [6.45, 7) is 3.68. The summed E-state index contributed by atoms with van der Waals surface area (Å²) in [6, 6.07) is 10.5. The van der Waals surface area contributed by atoms with Gasteiger partial charge >= 0.3 is 11.9 Å². The van der Waals surface area contributed by atoms with Crippen molar-refractivity contribution in [3.8, 4) is 5.75 Å². The number of carboxylic acid groups (broad SMARTS) is 1. The molecular formula is C20H21NO5. The van der Waals surface area contributed by atoms with Gasteiger partial charge in [0.25, 0.3) is 5.91 Å². The van der Waals surface area contributed by atoms with Gasteiger partial charge in [0.1, 0.15) is 5.75 Å². The number of ether oxygens (including phenoxy) is 1. The number of hydrogen-bond acceptors (Lipinski definition) is 4. The maximum absolute atomic E-state index is 12.9. The summed E-state index contributed by atoms with van der Waals surface area (Å²) in [7, 11) is 0. The van der Waals surface area contributed by atoms with Crippen LogP contribution in [0.5, 0.6) is 5.75 Å². The molecule has 136 valence electrons. The van der Waals surface area contributed by atoms with Crippen LogP contribution in [-0.2, 0) is 9.59 Å². The van der Waals surface area contributed by atoms with Crippen molar-refractivity contribution in [2.24, 2.45) is 5.92 Å². The van der Waals surface area contributed by atoms with Crippen molar-refractivity contribution in [2.75, 3.05) is 6.54 Å². The summed E-state index contributed by atoms with van der Waals surface area (Å²) in [5.74, 6) is -1.18. The Balaban J connectivity index is 1.80. The van der Waals surface area contributed by atoms with E-state index in [-0.39, 0.29) is 23.8 Å². The second kappa shape index (κ2) is 7.15. The average Bonchev–Trinajstić information content (AvgIpc) is 2.60. The number of amides is 1. The molecule has 0 saturated carbocycles. The molecule has 6 nitrogen and oxygen atoms in total. The predicted molar refractivity (Wildman–Crippen MR) is 96.1 cm³/mol. The molecule has 2 atom stereocenters. The Labute approximate surface area is 151 Å². The molecule has 0 radical (unpaired) electrons. The van der Waals surface area contributed by atoms with Gasteiger partial charge in [0, 0.05) is 25.1 Å². The first-order valence-electron chi connectivity index (χ1n) is 8.61. The molecule has 6 heteroatoms. The maximum Gasteiger partial charge on any atom is 0.308 e. The van der Waals surface area contributed by atoms with Crippen LogP contribution in [0.3, 0.4) is 0 Å². The van der Waals surface area contributed by atoms with Crippen molar-refractivity contribution in [1.29, 1.82) is 0 Å². The summed E-state index contributed by atoms with van der Waals surface area (Å²) >= 11 is 0. The summed E-state index contributed by atoms with van der Waals surface area (Å²) < 4.78 is 5.08. The van der Waals surface area contributed by atoms with Crippen molar-refractivity contribution in [1.82, 2.24) is 4.90 Å². The number of carboxylic acids is 1. The van der Waals surface area contributed by atoms with Crippen LogP contribution in [0.1, 0.15) is 37.0 Å². The third kappa shape index (κ3) is 3.69. The largest absolute Gasteiger partial charge is 0.481 e. The Kier molecular flexibility index (Phi) is 4.93. The fraction of sp³-hybridized carbons (Fsp3) is 0.350. The van der Waals surface area contributed by atoms with Crippen LogP contribution >= 0.6 is 0 Å². The van der Waals surface area contributed by atoms with Crippen LogP contribution in [-0.4, -0.2) is 40.4 Å². The molecule has 2 aromatic carbocycles. The van der Waals surface area contributed by atoms with Crippen LogP contribution in [0, 0.1) is 5.92 Å². The fourth-order valence-electron chi connectivity index (χ4n) is 3.45. The van der Waals surface area contributed by atoms with E-state index in [1.807, 2.05) is 25.1 Å². The molecular weight excluding hydrogens is 334 g/mol. The van der Waals surface area contributed by atoms with E-state index >= 15 is 0 Å². The number of carbonyl (C=O) groups excluding carboxylic acids is 2. The second-order valence-electron chi connectivity index (χ2n) is 6.72. The summed E-state index contributed by atoms with van der Waals surface area (Å²) in [4.78, 5) is 36.8. The maximum atomic E-state index is 12.9. The number of fused-ring (bicyclic) bond motifs is 1. The Morgan fingerprint density at radius 3 is 2.46 bits per heavy atom. The highest BCUT2D eigenvalue weighted by Crippen LogP contribution is 2.27. The zero-order valence-electron chi connectivity index (χ0n) is 14.8. The number of aliphatic carboxylic acids is 1. The SMILES string of the molecule is CC(=O)Oc1ccc2cc(C(=O)N3CCC(C(=O)O)CC3C)ccc2c1. The van der Waals surface area contributed by atoms with E-state index in [2.05, 4.69) is 0 Å². The first kappa shape index (κ1) is 17.9. The number of piperidine rings is 1. The van der Waals surface area contributed by atoms with E-state index in [9.17, 15) is 14.4 Å². The Morgan fingerprint density at radius 2 is 1.81 bits per heavy atom. The second-order valence-corrected chi connectivity index (χ2v) is 6.72. The van der Waals surface area contributed by atoms with Crippen LogP contribution in [0.4, 0.5) is 0 Å². The molecule has 0 spiro atoms.